The maximum absolute atomic E-state index is 12.8. The lowest BCUT2D eigenvalue weighted by atomic mass is 10.0. The number of carbonyl (C=O) groups is 1. The standard InChI is InChI=1S/C38H47N9O2/c1-25(19-45-15-4-16-45)38(48)43-30-5-3-14-46(21-30)20-27-12-13-39-34(17-27)26(2)42-29-8-6-28(7-9-29)35-18-33-36(44-35)40-24-41-37(33)47-31-10-11-32(47)23-49-22-31/h6-9,12-13,17-18,24,26,30-32,42H,1,3-5,10-11,14-16,19-23H2,2H3,(H,43,48)(H,40,41,44)/t26-,30+,31?,32?/m0/s1. The zero-order valence-corrected chi connectivity index (χ0v) is 28.4. The summed E-state index contributed by atoms with van der Waals surface area (Å²) in [6.45, 7) is 13.2. The van der Waals surface area contributed by atoms with Crippen LogP contribution in [0.15, 0.2) is 67.1 Å². The van der Waals surface area contributed by atoms with Gasteiger partial charge in [-0.2, -0.15) is 0 Å². The fourth-order valence-corrected chi connectivity index (χ4v) is 7.91. The highest BCUT2D eigenvalue weighted by Crippen LogP contribution is 2.37. The van der Waals surface area contributed by atoms with Crippen LogP contribution in [0.2, 0.25) is 0 Å². The zero-order chi connectivity index (χ0) is 33.3. The quantitative estimate of drug-likeness (QED) is 0.193. The molecule has 3 N–H and O–H groups in total. The van der Waals surface area contributed by atoms with E-state index in [1.165, 1.54) is 12.0 Å². The molecule has 8 rings (SSSR count). The van der Waals surface area contributed by atoms with Crippen molar-refractivity contribution in [3.05, 3.63) is 78.4 Å². The Morgan fingerprint density at radius 2 is 1.80 bits per heavy atom. The number of likely N-dealkylation sites (tertiary alicyclic amines) is 2. The number of ether oxygens (including phenoxy) is 1. The Morgan fingerprint density at radius 3 is 2.57 bits per heavy atom. The SMILES string of the molecule is C=C(CN1CCC1)C(=O)N[C@@H]1CCCN(Cc2ccnc([C@H](C)Nc3ccc(-c4cc5c(N6C7CCC6COC7)ncnc5[nH]4)cc3)c2)C1. The molecule has 0 aliphatic carbocycles. The highest BCUT2D eigenvalue weighted by atomic mass is 16.5. The van der Waals surface area contributed by atoms with Crippen LogP contribution in [-0.2, 0) is 16.1 Å². The number of aromatic amines is 1. The lowest BCUT2D eigenvalue weighted by Gasteiger charge is -2.35. The Morgan fingerprint density at radius 1 is 1.00 bits per heavy atom. The molecule has 7 heterocycles. The van der Waals surface area contributed by atoms with Crippen molar-refractivity contribution in [2.45, 2.75) is 69.7 Å². The number of aromatic nitrogens is 4. The number of carbonyl (C=O) groups excluding carboxylic acids is 1. The number of H-pyrrole nitrogens is 1. The molecule has 4 aliphatic heterocycles. The first-order valence-electron chi connectivity index (χ1n) is 17.9. The van der Waals surface area contributed by atoms with Crippen molar-refractivity contribution in [1.29, 1.82) is 0 Å². The van der Waals surface area contributed by atoms with Crippen molar-refractivity contribution >= 4 is 28.4 Å². The van der Waals surface area contributed by atoms with Crippen molar-refractivity contribution < 1.29 is 9.53 Å². The Hall–Kier alpha value is -4.32. The summed E-state index contributed by atoms with van der Waals surface area (Å²) in [6, 6.07) is 16.0. The molecule has 4 atom stereocenters. The molecule has 4 aromatic rings. The van der Waals surface area contributed by atoms with E-state index in [1.54, 1.807) is 6.33 Å². The number of fused-ring (bicyclic) bond motifs is 3. The molecule has 2 unspecified atom stereocenters. The molecule has 0 spiro atoms. The second-order valence-corrected chi connectivity index (χ2v) is 14.3. The van der Waals surface area contributed by atoms with E-state index in [-0.39, 0.29) is 18.0 Å². The van der Waals surface area contributed by atoms with Gasteiger partial charge in [0.05, 0.1) is 42.4 Å². The Bertz CT molecular complexity index is 1790. The van der Waals surface area contributed by atoms with Crippen LogP contribution in [0, 0.1) is 0 Å². The summed E-state index contributed by atoms with van der Waals surface area (Å²) in [5, 5.41) is 7.94. The third kappa shape index (κ3) is 6.92. The van der Waals surface area contributed by atoms with Gasteiger partial charge in [0.2, 0.25) is 5.91 Å². The van der Waals surface area contributed by atoms with Crippen LogP contribution >= 0.6 is 0 Å². The number of rotatable bonds is 11. The maximum atomic E-state index is 12.8. The first kappa shape index (κ1) is 31.9. The maximum Gasteiger partial charge on any atom is 0.248 e. The van der Waals surface area contributed by atoms with Gasteiger partial charge in [-0.05, 0) is 100 Å². The van der Waals surface area contributed by atoms with Gasteiger partial charge in [-0.25, -0.2) is 9.97 Å². The highest BCUT2D eigenvalue weighted by Gasteiger charge is 2.39. The summed E-state index contributed by atoms with van der Waals surface area (Å²) in [4.78, 5) is 37.4. The van der Waals surface area contributed by atoms with Gasteiger partial charge >= 0.3 is 0 Å². The minimum Gasteiger partial charge on any atom is -0.377 e. The van der Waals surface area contributed by atoms with Gasteiger partial charge in [0.1, 0.15) is 17.8 Å². The topological polar surface area (TPSA) is 115 Å². The van der Waals surface area contributed by atoms with E-state index in [4.69, 9.17) is 14.7 Å². The number of morpholine rings is 1. The third-order valence-corrected chi connectivity index (χ3v) is 10.7. The number of hydrogen-bond donors (Lipinski definition) is 3. The predicted octanol–water partition coefficient (Wildman–Crippen LogP) is 4.90. The molecule has 0 saturated carbocycles. The van der Waals surface area contributed by atoms with Crippen molar-refractivity contribution in [2.24, 2.45) is 0 Å². The van der Waals surface area contributed by atoms with E-state index in [1.807, 2.05) is 6.20 Å². The molecule has 4 fully saturated rings. The van der Waals surface area contributed by atoms with Gasteiger partial charge in [-0.15, -0.1) is 0 Å². The van der Waals surface area contributed by atoms with E-state index in [9.17, 15) is 4.79 Å². The normalized spacial score (nSPS) is 23.3. The molecular weight excluding hydrogens is 614 g/mol. The second kappa shape index (κ2) is 13.9. The van der Waals surface area contributed by atoms with Crippen LogP contribution in [0.4, 0.5) is 11.5 Å². The average Bonchev–Trinajstić information content (AvgIpc) is 3.64. The van der Waals surface area contributed by atoms with Gasteiger partial charge in [0.15, 0.2) is 0 Å². The zero-order valence-electron chi connectivity index (χ0n) is 28.4. The lowest BCUT2D eigenvalue weighted by molar-refractivity contribution is -0.118. The van der Waals surface area contributed by atoms with Gasteiger partial charge < -0.3 is 25.3 Å². The van der Waals surface area contributed by atoms with Gasteiger partial charge in [-0.1, -0.05) is 18.7 Å². The monoisotopic (exact) mass is 661 g/mol. The number of anilines is 2. The molecule has 3 aromatic heterocycles. The van der Waals surface area contributed by atoms with Crippen LogP contribution in [0.1, 0.15) is 56.3 Å². The second-order valence-electron chi connectivity index (χ2n) is 14.3. The van der Waals surface area contributed by atoms with Gasteiger partial charge in [-0.3, -0.25) is 19.6 Å². The first-order valence-corrected chi connectivity index (χ1v) is 17.9. The van der Waals surface area contributed by atoms with Gasteiger partial charge in [0.25, 0.3) is 0 Å². The molecule has 4 aliphatic rings. The van der Waals surface area contributed by atoms with Crippen molar-refractivity contribution in [3.8, 4) is 11.3 Å². The first-order chi connectivity index (χ1) is 24.0. The number of nitrogens with one attached hydrogen (secondary N) is 3. The Kier molecular flexibility index (Phi) is 9.05. The Labute approximate surface area is 288 Å². The molecule has 256 valence electrons. The molecule has 1 amide bonds. The van der Waals surface area contributed by atoms with Crippen LogP contribution in [0.3, 0.4) is 0 Å². The molecule has 11 heteroatoms. The molecule has 49 heavy (non-hydrogen) atoms. The van der Waals surface area contributed by atoms with E-state index < -0.39 is 0 Å². The largest absolute Gasteiger partial charge is 0.377 e. The van der Waals surface area contributed by atoms with Crippen LogP contribution < -0.4 is 15.5 Å². The molecule has 1 aromatic carbocycles. The highest BCUT2D eigenvalue weighted by molar-refractivity contribution is 5.93. The van der Waals surface area contributed by atoms with Crippen LogP contribution in [-0.4, -0.2) is 99.7 Å². The number of amides is 1. The van der Waals surface area contributed by atoms with Crippen molar-refractivity contribution in [1.82, 2.24) is 35.1 Å². The fraction of sp³-hybridized carbons (Fsp3) is 0.474. The van der Waals surface area contributed by atoms with E-state index in [0.29, 0.717) is 24.2 Å². The number of pyridine rings is 1. The average molecular weight is 662 g/mol. The summed E-state index contributed by atoms with van der Waals surface area (Å²) < 4.78 is 5.81. The molecule has 0 radical (unpaired) electrons. The minimum atomic E-state index is -0.00186. The third-order valence-electron chi connectivity index (χ3n) is 10.7. The van der Waals surface area contributed by atoms with Crippen molar-refractivity contribution in [2.75, 3.05) is 56.2 Å². The summed E-state index contributed by atoms with van der Waals surface area (Å²) in [6.07, 6.45) is 9.16. The summed E-state index contributed by atoms with van der Waals surface area (Å²) in [7, 11) is 0. The van der Waals surface area contributed by atoms with Gasteiger partial charge in [0, 0.05) is 48.8 Å². The predicted molar refractivity (Wildman–Crippen MR) is 192 cm³/mol. The smallest absolute Gasteiger partial charge is 0.248 e. The Balaban J connectivity index is 0.879. The van der Waals surface area contributed by atoms with Crippen molar-refractivity contribution in [3.63, 3.8) is 0 Å². The number of nitrogens with zero attached hydrogens (tertiary/aromatic N) is 6. The summed E-state index contributed by atoms with van der Waals surface area (Å²) in [5.41, 5.74) is 6.94. The molecular formula is C38H47N9O2. The van der Waals surface area contributed by atoms with E-state index in [0.717, 1.165) is 111 Å². The fourth-order valence-electron chi connectivity index (χ4n) is 7.91. The van der Waals surface area contributed by atoms with E-state index in [2.05, 4.69) is 91.3 Å². The summed E-state index contributed by atoms with van der Waals surface area (Å²) in [5.74, 6) is 1.01. The summed E-state index contributed by atoms with van der Waals surface area (Å²) >= 11 is 0. The van der Waals surface area contributed by atoms with Crippen LogP contribution in [0.25, 0.3) is 22.3 Å². The molecule has 11 nitrogen and oxygen atoms in total. The van der Waals surface area contributed by atoms with E-state index >= 15 is 0 Å². The minimum absolute atomic E-state index is 0.00186. The molecule has 2 bridgehead atoms. The lowest BCUT2D eigenvalue weighted by Crippen LogP contribution is -2.49. The molecule has 4 saturated heterocycles. The van der Waals surface area contributed by atoms with Crippen LogP contribution in [0.5, 0.6) is 0 Å². The number of benzene rings is 1. The number of hydrogen-bond acceptors (Lipinski definition) is 9. The number of piperidine rings is 1.